The van der Waals surface area contributed by atoms with Crippen molar-refractivity contribution in [1.82, 2.24) is 9.97 Å². The third kappa shape index (κ3) is 3.34. The molecule has 0 saturated heterocycles. The number of nitrogens with one attached hydrogen (secondary N) is 1. The first-order valence-corrected chi connectivity index (χ1v) is 5.77. The van der Waals surface area contributed by atoms with Crippen molar-refractivity contribution in [2.24, 2.45) is 0 Å². The zero-order chi connectivity index (χ0) is 11.2. The van der Waals surface area contributed by atoms with E-state index in [0.717, 1.165) is 6.54 Å². The summed E-state index contributed by atoms with van der Waals surface area (Å²) in [5.74, 6) is 1.14. The minimum absolute atomic E-state index is 0.432. The molecule has 0 unspecified atom stereocenters. The van der Waals surface area contributed by atoms with Crippen molar-refractivity contribution in [1.29, 1.82) is 0 Å². The Morgan fingerprint density at radius 3 is 2.94 bits per heavy atom. The van der Waals surface area contributed by atoms with Crippen LogP contribution in [0, 0.1) is 0 Å². The Morgan fingerprint density at radius 1 is 1.38 bits per heavy atom. The summed E-state index contributed by atoms with van der Waals surface area (Å²) in [6.45, 7) is 1.45. The molecule has 0 amide bonds. The van der Waals surface area contributed by atoms with Gasteiger partial charge in [0.15, 0.2) is 0 Å². The third-order valence-electron chi connectivity index (χ3n) is 2.72. The number of nitrogens with two attached hydrogens (primary N) is 1. The van der Waals surface area contributed by atoms with Crippen LogP contribution in [0.15, 0.2) is 12.4 Å². The van der Waals surface area contributed by atoms with Crippen LogP contribution in [0.1, 0.15) is 25.7 Å². The first kappa shape index (κ1) is 11.1. The van der Waals surface area contributed by atoms with Gasteiger partial charge in [-0.2, -0.15) is 0 Å². The van der Waals surface area contributed by atoms with Crippen molar-refractivity contribution in [3.63, 3.8) is 0 Å². The predicted octanol–water partition coefficient (Wildman–Crippen LogP) is 1.43. The summed E-state index contributed by atoms with van der Waals surface area (Å²) in [6.07, 6.45) is 8.67. The van der Waals surface area contributed by atoms with Gasteiger partial charge < -0.3 is 15.8 Å². The molecule has 1 aromatic rings. The number of aromatic nitrogens is 2. The van der Waals surface area contributed by atoms with Crippen LogP contribution in [0.5, 0.6) is 0 Å². The van der Waals surface area contributed by atoms with Crippen molar-refractivity contribution >= 4 is 11.6 Å². The molecule has 3 N–H and O–H groups in total. The van der Waals surface area contributed by atoms with Crippen LogP contribution in [0.25, 0.3) is 0 Å². The summed E-state index contributed by atoms with van der Waals surface area (Å²) in [5, 5.41) is 3.13. The van der Waals surface area contributed by atoms with E-state index < -0.39 is 0 Å². The number of hydrogen-bond donors (Lipinski definition) is 2. The fraction of sp³-hybridized carbons (Fsp3) is 0.636. The van der Waals surface area contributed by atoms with Gasteiger partial charge in [0.1, 0.15) is 11.6 Å². The van der Waals surface area contributed by atoms with E-state index in [9.17, 15) is 0 Å². The lowest BCUT2D eigenvalue weighted by atomic mass is 10.3. The fourth-order valence-electron chi connectivity index (χ4n) is 1.93. The topological polar surface area (TPSA) is 73.1 Å². The lowest BCUT2D eigenvalue weighted by Crippen LogP contribution is -2.16. The average Bonchev–Trinajstić information content (AvgIpc) is 2.77. The minimum Gasteiger partial charge on any atom is -0.382 e. The van der Waals surface area contributed by atoms with Gasteiger partial charge in [-0.05, 0) is 12.8 Å². The molecule has 0 spiro atoms. The zero-order valence-corrected chi connectivity index (χ0v) is 9.35. The van der Waals surface area contributed by atoms with Crippen molar-refractivity contribution < 1.29 is 4.74 Å². The number of nitrogens with zero attached hydrogens (tertiary/aromatic N) is 2. The average molecular weight is 222 g/mol. The minimum atomic E-state index is 0.432. The highest BCUT2D eigenvalue weighted by Gasteiger charge is 2.14. The summed E-state index contributed by atoms with van der Waals surface area (Å²) >= 11 is 0. The molecule has 0 atom stereocenters. The molecule has 2 rings (SSSR count). The first-order chi connectivity index (χ1) is 7.84. The van der Waals surface area contributed by atoms with E-state index in [-0.39, 0.29) is 0 Å². The summed E-state index contributed by atoms with van der Waals surface area (Å²) in [5.41, 5.74) is 5.52. The molecule has 88 valence electrons. The molecule has 1 aliphatic carbocycles. The Morgan fingerprint density at radius 2 is 2.19 bits per heavy atom. The molecule has 1 heterocycles. The van der Waals surface area contributed by atoms with Gasteiger partial charge in [-0.1, -0.05) is 12.8 Å². The Balaban J connectivity index is 1.64. The molecular formula is C11H18N4O. The van der Waals surface area contributed by atoms with E-state index >= 15 is 0 Å². The Hall–Kier alpha value is -1.36. The molecule has 16 heavy (non-hydrogen) atoms. The van der Waals surface area contributed by atoms with Crippen LogP contribution in [0.4, 0.5) is 11.6 Å². The quantitative estimate of drug-likeness (QED) is 0.737. The Kier molecular flexibility index (Phi) is 3.93. The van der Waals surface area contributed by atoms with Gasteiger partial charge in [0.05, 0.1) is 25.1 Å². The number of nitrogen functional groups attached to an aromatic ring is 1. The fourth-order valence-corrected chi connectivity index (χ4v) is 1.93. The highest BCUT2D eigenvalue weighted by Crippen LogP contribution is 2.20. The third-order valence-corrected chi connectivity index (χ3v) is 2.72. The van der Waals surface area contributed by atoms with Crippen LogP contribution in [0.3, 0.4) is 0 Å². The maximum atomic E-state index is 5.71. The Labute approximate surface area is 95.4 Å². The largest absolute Gasteiger partial charge is 0.382 e. The van der Waals surface area contributed by atoms with Gasteiger partial charge in [0.25, 0.3) is 0 Å². The summed E-state index contributed by atoms with van der Waals surface area (Å²) < 4.78 is 5.71. The highest BCUT2D eigenvalue weighted by atomic mass is 16.5. The molecule has 5 heteroatoms. The molecule has 1 fully saturated rings. The van der Waals surface area contributed by atoms with Crippen LogP contribution in [-0.4, -0.2) is 29.2 Å². The van der Waals surface area contributed by atoms with E-state index in [0.29, 0.717) is 24.3 Å². The lowest BCUT2D eigenvalue weighted by Gasteiger charge is -2.11. The number of rotatable bonds is 5. The first-order valence-electron chi connectivity index (χ1n) is 5.77. The van der Waals surface area contributed by atoms with Gasteiger partial charge in [-0.25, -0.2) is 4.98 Å². The van der Waals surface area contributed by atoms with E-state index in [4.69, 9.17) is 10.5 Å². The second-order valence-corrected chi connectivity index (χ2v) is 4.03. The normalized spacial score (nSPS) is 16.5. The maximum Gasteiger partial charge on any atom is 0.147 e. The smallest absolute Gasteiger partial charge is 0.147 e. The van der Waals surface area contributed by atoms with Gasteiger partial charge in [0, 0.05) is 6.54 Å². The number of anilines is 2. The van der Waals surface area contributed by atoms with E-state index in [1.165, 1.54) is 31.9 Å². The molecular weight excluding hydrogens is 204 g/mol. The number of hydrogen-bond acceptors (Lipinski definition) is 5. The van der Waals surface area contributed by atoms with Gasteiger partial charge >= 0.3 is 0 Å². The van der Waals surface area contributed by atoms with Crippen LogP contribution in [0.2, 0.25) is 0 Å². The molecule has 1 saturated carbocycles. The van der Waals surface area contributed by atoms with Gasteiger partial charge in [-0.3, -0.25) is 4.98 Å². The van der Waals surface area contributed by atoms with Gasteiger partial charge in [-0.15, -0.1) is 0 Å². The molecule has 1 aromatic heterocycles. The molecule has 0 radical (unpaired) electrons. The summed E-state index contributed by atoms with van der Waals surface area (Å²) in [6, 6.07) is 0. The van der Waals surface area contributed by atoms with E-state index in [1.807, 2.05) is 0 Å². The molecule has 5 nitrogen and oxygen atoms in total. The Bertz CT molecular complexity index is 326. The molecule has 0 bridgehead atoms. The molecule has 0 aromatic carbocycles. The van der Waals surface area contributed by atoms with Crippen molar-refractivity contribution in [3.05, 3.63) is 12.4 Å². The monoisotopic (exact) mass is 222 g/mol. The van der Waals surface area contributed by atoms with Crippen LogP contribution in [-0.2, 0) is 4.74 Å². The maximum absolute atomic E-state index is 5.71. The zero-order valence-electron chi connectivity index (χ0n) is 9.35. The lowest BCUT2D eigenvalue weighted by molar-refractivity contribution is 0.0658. The van der Waals surface area contributed by atoms with Crippen LogP contribution >= 0.6 is 0 Å². The van der Waals surface area contributed by atoms with Gasteiger partial charge in [0.2, 0.25) is 0 Å². The summed E-state index contributed by atoms with van der Waals surface area (Å²) in [4.78, 5) is 8.04. The van der Waals surface area contributed by atoms with Crippen molar-refractivity contribution in [2.75, 3.05) is 24.2 Å². The van der Waals surface area contributed by atoms with Crippen molar-refractivity contribution in [3.8, 4) is 0 Å². The second kappa shape index (κ2) is 5.65. The number of ether oxygens (including phenoxy) is 1. The second-order valence-electron chi connectivity index (χ2n) is 4.03. The summed E-state index contributed by atoms with van der Waals surface area (Å²) in [7, 11) is 0. The molecule has 0 aliphatic heterocycles. The van der Waals surface area contributed by atoms with Crippen LogP contribution < -0.4 is 11.1 Å². The predicted molar refractivity (Wildman–Crippen MR) is 63.1 cm³/mol. The van der Waals surface area contributed by atoms with Crippen molar-refractivity contribution in [2.45, 2.75) is 31.8 Å². The molecule has 1 aliphatic rings. The highest BCUT2D eigenvalue weighted by molar-refractivity contribution is 5.38. The van der Waals surface area contributed by atoms with E-state index in [2.05, 4.69) is 15.3 Å². The SMILES string of the molecule is Nc1cncc(NCCOC2CCCC2)n1. The standard InChI is InChI=1S/C11H18N4O/c12-10-7-13-8-11(15-10)14-5-6-16-9-3-1-2-4-9/h7-9H,1-6H2,(H3,12,14,15). The van der Waals surface area contributed by atoms with E-state index in [1.54, 1.807) is 6.20 Å².